The fourth-order valence-electron chi connectivity index (χ4n) is 1.32. The van der Waals surface area contributed by atoms with Crippen LogP contribution < -0.4 is 4.74 Å². The number of alkyl halides is 1. The molecule has 0 aliphatic heterocycles. The van der Waals surface area contributed by atoms with E-state index in [1.54, 1.807) is 24.6 Å². The van der Waals surface area contributed by atoms with Crippen molar-refractivity contribution in [3.8, 4) is 16.3 Å². The van der Waals surface area contributed by atoms with Gasteiger partial charge in [-0.2, -0.15) is 0 Å². The van der Waals surface area contributed by atoms with Gasteiger partial charge in [-0.05, 0) is 12.1 Å². The monoisotopic (exact) mass is 239 g/mol. The smallest absolute Gasteiger partial charge is 0.129 e. The third kappa shape index (κ3) is 2.13. The van der Waals surface area contributed by atoms with Crippen molar-refractivity contribution in [3.05, 3.63) is 35.3 Å². The van der Waals surface area contributed by atoms with Crippen LogP contribution in [0.25, 0.3) is 10.6 Å². The van der Waals surface area contributed by atoms with Crippen molar-refractivity contribution in [3.63, 3.8) is 0 Å². The predicted molar refractivity (Wildman–Crippen MR) is 63.7 cm³/mol. The average molecular weight is 240 g/mol. The van der Waals surface area contributed by atoms with Gasteiger partial charge in [0.25, 0.3) is 0 Å². The molecule has 2 rings (SSSR count). The highest BCUT2D eigenvalue weighted by Crippen LogP contribution is 2.32. The maximum absolute atomic E-state index is 5.74. The quantitative estimate of drug-likeness (QED) is 0.765. The first-order chi connectivity index (χ1) is 7.35. The van der Waals surface area contributed by atoms with E-state index in [9.17, 15) is 0 Å². The van der Waals surface area contributed by atoms with Crippen molar-refractivity contribution in [2.45, 2.75) is 5.88 Å². The molecule has 0 saturated heterocycles. The Morgan fingerprint density at radius 3 is 2.87 bits per heavy atom. The Morgan fingerprint density at radius 1 is 1.40 bits per heavy atom. The number of aromatic nitrogens is 1. The molecule has 0 aliphatic rings. The molecule has 0 fully saturated rings. The van der Waals surface area contributed by atoms with Gasteiger partial charge < -0.3 is 4.74 Å². The van der Waals surface area contributed by atoms with Gasteiger partial charge in [0.1, 0.15) is 10.8 Å². The minimum absolute atomic E-state index is 0.507. The molecular formula is C11H10ClNOS. The van der Waals surface area contributed by atoms with E-state index in [-0.39, 0.29) is 0 Å². The van der Waals surface area contributed by atoms with Gasteiger partial charge in [-0.3, -0.25) is 0 Å². The molecule has 2 aromatic rings. The van der Waals surface area contributed by atoms with Crippen molar-refractivity contribution in [2.75, 3.05) is 7.11 Å². The van der Waals surface area contributed by atoms with E-state index in [1.165, 1.54) is 0 Å². The summed E-state index contributed by atoms with van der Waals surface area (Å²) >= 11 is 7.33. The molecule has 78 valence electrons. The standard InChI is InChI=1S/C11H10ClNOS/c1-14-10-5-3-2-4-9(10)11-13-7-8(6-12)15-11/h2-5,7H,6H2,1H3. The number of thiazole rings is 1. The fourth-order valence-corrected chi connectivity index (χ4v) is 2.34. The molecule has 0 aliphatic carbocycles. The molecule has 0 saturated carbocycles. The van der Waals surface area contributed by atoms with Crippen molar-refractivity contribution < 1.29 is 4.74 Å². The molecule has 0 atom stereocenters. The lowest BCUT2D eigenvalue weighted by Gasteiger charge is -2.04. The van der Waals surface area contributed by atoms with E-state index in [2.05, 4.69) is 4.98 Å². The first-order valence-electron chi connectivity index (χ1n) is 4.49. The number of hydrogen-bond acceptors (Lipinski definition) is 3. The lowest BCUT2D eigenvalue weighted by Crippen LogP contribution is -1.85. The van der Waals surface area contributed by atoms with Gasteiger partial charge in [-0.25, -0.2) is 4.98 Å². The zero-order valence-corrected chi connectivity index (χ0v) is 9.81. The second-order valence-corrected chi connectivity index (χ2v) is 4.35. The number of hydrogen-bond donors (Lipinski definition) is 0. The highest BCUT2D eigenvalue weighted by molar-refractivity contribution is 7.15. The number of nitrogens with zero attached hydrogens (tertiary/aromatic N) is 1. The van der Waals surface area contributed by atoms with E-state index in [0.29, 0.717) is 5.88 Å². The van der Waals surface area contributed by atoms with Crippen molar-refractivity contribution in [2.24, 2.45) is 0 Å². The number of halogens is 1. The molecule has 1 aromatic heterocycles. The molecule has 1 heterocycles. The molecule has 0 N–H and O–H groups in total. The van der Waals surface area contributed by atoms with E-state index in [4.69, 9.17) is 16.3 Å². The maximum Gasteiger partial charge on any atom is 0.129 e. The van der Waals surface area contributed by atoms with Crippen LogP contribution in [0.2, 0.25) is 0 Å². The molecule has 0 bridgehead atoms. The molecule has 2 nitrogen and oxygen atoms in total. The Balaban J connectivity index is 2.44. The van der Waals surface area contributed by atoms with E-state index in [1.807, 2.05) is 24.3 Å². The highest BCUT2D eigenvalue weighted by atomic mass is 35.5. The van der Waals surface area contributed by atoms with Gasteiger partial charge in [-0.15, -0.1) is 22.9 Å². The highest BCUT2D eigenvalue weighted by Gasteiger charge is 2.08. The van der Waals surface area contributed by atoms with Crippen LogP contribution in [-0.2, 0) is 5.88 Å². The van der Waals surface area contributed by atoms with Crippen molar-refractivity contribution >= 4 is 22.9 Å². The van der Waals surface area contributed by atoms with Crippen LogP contribution in [0, 0.1) is 0 Å². The van der Waals surface area contributed by atoms with E-state index >= 15 is 0 Å². The Morgan fingerprint density at radius 2 is 2.20 bits per heavy atom. The van der Waals surface area contributed by atoms with Crippen LogP contribution >= 0.6 is 22.9 Å². The third-order valence-corrected chi connectivity index (χ3v) is 3.50. The summed E-state index contributed by atoms with van der Waals surface area (Å²) in [5.41, 5.74) is 1.02. The van der Waals surface area contributed by atoms with Crippen molar-refractivity contribution in [1.29, 1.82) is 0 Å². The molecule has 0 radical (unpaired) electrons. The summed E-state index contributed by atoms with van der Waals surface area (Å²) in [7, 11) is 1.66. The average Bonchev–Trinajstić information content (AvgIpc) is 2.77. The summed E-state index contributed by atoms with van der Waals surface area (Å²) in [4.78, 5) is 5.39. The Hall–Kier alpha value is -1.06. The number of para-hydroxylation sites is 1. The second-order valence-electron chi connectivity index (χ2n) is 2.97. The maximum atomic E-state index is 5.74. The summed E-state index contributed by atoms with van der Waals surface area (Å²) in [5.74, 6) is 1.35. The minimum Gasteiger partial charge on any atom is -0.496 e. The SMILES string of the molecule is COc1ccccc1-c1ncc(CCl)s1. The largest absolute Gasteiger partial charge is 0.496 e. The molecule has 4 heteroatoms. The fraction of sp³-hybridized carbons (Fsp3) is 0.182. The zero-order chi connectivity index (χ0) is 10.7. The van der Waals surface area contributed by atoms with Crippen LogP contribution in [0.5, 0.6) is 5.75 Å². The molecule has 0 spiro atoms. The molecule has 15 heavy (non-hydrogen) atoms. The predicted octanol–water partition coefficient (Wildman–Crippen LogP) is 3.56. The molecule has 1 aromatic carbocycles. The summed E-state index contributed by atoms with van der Waals surface area (Å²) in [6.45, 7) is 0. The van der Waals surface area contributed by atoms with E-state index < -0.39 is 0 Å². The van der Waals surface area contributed by atoms with Gasteiger partial charge >= 0.3 is 0 Å². The van der Waals surface area contributed by atoms with Gasteiger partial charge in [0.15, 0.2) is 0 Å². The molecular weight excluding hydrogens is 230 g/mol. The summed E-state index contributed by atoms with van der Waals surface area (Å²) in [5, 5.41) is 0.947. The topological polar surface area (TPSA) is 22.1 Å². The van der Waals surface area contributed by atoms with Crippen molar-refractivity contribution in [1.82, 2.24) is 4.98 Å². The van der Waals surface area contributed by atoms with Crippen LogP contribution in [0.4, 0.5) is 0 Å². The zero-order valence-electron chi connectivity index (χ0n) is 8.24. The number of methoxy groups -OCH3 is 1. The third-order valence-electron chi connectivity index (χ3n) is 2.02. The summed E-state index contributed by atoms with van der Waals surface area (Å²) in [6, 6.07) is 7.84. The normalized spacial score (nSPS) is 10.3. The van der Waals surface area contributed by atoms with Crippen LogP contribution in [0.1, 0.15) is 4.88 Å². The van der Waals surface area contributed by atoms with Crippen LogP contribution in [-0.4, -0.2) is 12.1 Å². The number of rotatable bonds is 3. The van der Waals surface area contributed by atoms with Gasteiger partial charge in [0.2, 0.25) is 0 Å². The first kappa shape index (κ1) is 10.5. The Labute approximate surface area is 97.5 Å². The van der Waals surface area contributed by atoms with Gasteiger partial charge in [0.05, 0.1) is 18.6 Å². The minimum atomic E-state index is 0.507. The second kappa shape index (κ2) is 4.64. The Kier molecular flexibility index (Phi) is 3.23. The van der Waals surface area contributed by atoms with Crippen LogP contribution in [0.15, 0.2) is 30.5 Å². The first-order valence-corrected chi connectivity index (χ1v) is 5.84. The summed E-state index contributed by atoms with van der Waals surface area (Å²) in [6.07, 6.45) is 1.80. The number of benzene rings is 1. The Bertz CT molecular complexity index is 455. The lowest BCUT2D eigenvalue weighted by atomic mass is 10.2. The molecule has 0 unspecified atom stereocenters. The lowest BCUT2D eigenvalue weighted by molar-refractivity contribution is 0.416. The molecule has 0 amide bonds. The van der Waals surface area contributed by atoms with Crippen LogP contribution in [0.3, 0.4) is 0 Å². The summed E-state index contributed by atoms with van der Waals surface area (Å²) < 4.78 is 5.28. The van der Waals surface area contributed by atoms with Gasteiger partial charge in [-0.1, -0.05) is 12.1 Å². The number of ether oxygens (including phenoxy) is 1. The van der Waals surface area contributed by atoms with E-state index in [0.717, 1.165) is 21.2 Å². The van der Waals surface area contributed by atoms with Gasteiger partial charge in [0, 0.05) is 11.1 Å².